The Morgan fingerprint density at radius 2 is 1.68 bits per heavy atom. The Hall–Kier alpha value is -2.10. The van der Waals surface area contributed by atoms with E-state index in [4.69, 9.17) is 0 Å². The third-order valence-electron chi connectivity index (χ3n) is 4.56. The zero-order valence-corrected chi connectivity index (χ0v) is 15.3. The molecule has 4 nitrogen and oxygen atoms in total. The molecule has 1 aromatic heterocycles. The van der Waals surface area contributed by atoms with Crippen molar-refractivity contribution in [2.75, 3.05) is 6.54 Å². The van der Waals surface area contributed by atoms with Crippen LogP contribution in [0.3, 0.4) is 0 Å². The number of aromatic nitrogens is 1. The van der Waals surface area contributed by atoms with Gasteiger partial charge in [-0.2, -0.15) is 0 Å². The molecule has 2 aromatic rings. The molecule has 0 atom stereocenters. The highest BCUT2D eigenvalue weighted by Gasteiger charge is 2.13. The van der Waals surface area contributed by atoms with Crippen molar-refractivity contribution in [2.24, 2.45) is 0 Å². The third-order valence-corrected chi connectivity index (χ3v) is 4.56. The molecule has 0 unspecified atom stereocenters. The summed E-state index contributed by atoms with van der Waals surface area (Å²) in [6.45, 7) is 2.89. The molecule has 0 aliphatic carbocycles. The van der Waals surface area contributed by atoms with E-state index in [1.165, 1.54) is 44.9 Å². The molecule has 2 rings (SSSR count). The van der Waals surface area contributed by atoms with Crippen LogP contribution in [0.15, 0.2) is 30.5 Å². The number of carbonyl (C=O) groups is 1. The average molecular weight is 342 g/mol. The Morgan fingerprint density at radius 3 is 2.40 bits per heavy atom. The molecule has 0 spiro atoms. The SMILES string of the molecule is CCCCCCCCCCCNC(=O)c1ccc2cccnc2c1O. The molecule has 1 aromatic carbocycles. The zero-order valence-electron chi connectivity index (χ0n) is 15.3. The number of unbranched alkanes of at least 4 members (excludes halogenated alkanes) is 8. The van der Waals surface area contributed by atoms with Crippen LogP contribution in [0.25, 0.3) is 10.9 Å². The fourth-order valence-corrected chi connectivity index (χ4v) is 3.05. The number of pyridine rings is 1. The average Bonchev–Trinajstić information content (AvgIpc) is 2.63. The van der Waals surface area contributed by atoms with Crippen molar-refractivity contribution in [3.05, 3.63) is 36.0 Å². The van der Waals surface area contributed by atoms with Crippen LogP contribution in [-0.4, -0.2) is 22.5 Å². The summed E-state index contributed by atoms with van der Waals surface area (Å²) in [5, 5.41) is 14.0. The van der Waals surface area contributed by atoms with Gasteiger partial charge in [0.15, 0.2) is 5.75 Å². The second kappa shape index (κ2) is 10.7. The Morgan fingerprint density at radius 1 is 1.00 bits per heavy atom. The summed E-state index contributed by atoms with van der Waals surface area (Å²) >= 11 is 0. The Balaban J connectivity index is 1.67. The Bertz CT molecular complexity index is 670. The standard InChI is InChI=1S/C21H30N2O2/c1-2-3-4-5-6-7-8-9-10-15-23-21(25)18-14-13-17-12-11-16-22-19(17)20(18)24/h11-14,16,24H,2-10,15H2,1H3,(H,23,25). The van der Waals surface area contributed by atoms with Gasteiger partial charge in [-0.05, 0) is 18.6 Å². The van der Waals surface area contributed by atoms with Crippen molar-refractivity contribution in [3.63, 3.8) is 0 Å². The van der Waals surface area contributed by atoms with Gasteiger partial charge in [-0.15, -0.1) is 0 Å². The van der Waals surface area contributed by atoms with Gasteiger partial charge in [0.1, 0.15) is 5.52 Å². The van der Waals surface area contributed by atoms with Crippen molar-refractivity contribution < 1.29 is 9.90 Å². The summed E-state index contributed by atoms with van der Waals surface area (Å²) in [5.74, 6) is -0.271. The normalized spacial score (nSPS) is 10.9. The first-order chi connectivity index (χ1) is 12.2. The zero-order chi connectivity index (χ0) is 17.9. The molecule has 0 radical (unpaired) electrons. The fourth-order valence-electron chi connectivity index (χ4n) is 3.05. The molecule has 1 amide bonds. The topological polar surface area (TPSA) is 62.2 Å². The number of nitrogens with zero attached hydrogens (tertiary/aromatic N) is 1. The number of benzene rings is 1. The molecule has 2 N–H and O–H groups in total. The quantitative estimate of drug-likeness (QED) is 0.552. The van der Waals surface area contributed by atoms with E-state index in [-0.39, 0.29) is 11.7 Å². The molecule has 136 valence electrons. The van der Waals surface area contributed by atoms with Gasteiger partial charge in [0, 0.05) is 18.1 Å². The fraction of sp³-hybridized carbons (Fsp3) is 0.524. The minimum Gasteiger partial charge on any atom is -0.505 e. The van der Waals surface area contributed by atoms with Crippen molar-refractivity contribution in [2.45, 2.75) is 64.7 Å². The molecule has 4 heteroatoms. The highest BCUT2D eigenvalue weighted by molar-refractivity contribution is 6.02. The smallest absolute Gasteiger partial charge is 0.255 e. The summed E-state index contributed by atoms with van der Waals surface area (Å²) < 4.78 is 0. The first kappa shape index (κ1) is 19.2. The van der Waals surface area contributed by atoms with Gasteiger partial charge >= 0.3 is 0 Å². The van der Waals surface area contributed by atoms with E-state index >= 15 is 0 Å². The number of rotatable bonds is 11. The maximum atomic E-state index is 12.2. The molecule has 1 heterocycles. The number of carbonyl (C=O) groups excluding carboxylic acids is 1. The van der Waals surface area contributed by atoms with Gasteiger partial charge in [-0.1, -0.05) is 70.4 Å². The molecule has 0 saturated carbocycles. The molecule has 0 fully saturated rings. The molecule has 25 heavy (non-hydrogen) atoms. The summed E-state index contributed by atoms with van der Waals surface area (Å²) in [6.07, 6.45) is 12.9. The van der Waals surface area contributed by atoms with Crippen LogP contribution >= 0.6 is 0 Å². The summed E-state index contributed by atoms with van der Waals surface area (Å²) in [4.78, 5) is 16.4. The van der Waals surface area contributed by atoms with Crippen molar-refractivity contribution in [1.82, 2.24) is 10.3 Å². The van der Waals surface area contributed by atoms with Gasteiger partial charge in [0.2, 0.25) is 0 Å². The lowest BCUT2D eigenvalue weighted by Gasteiger charge is -2.08. The minimum atomic E-state index is -0.232. The van der Waals surface area contributed by atoms with Crippen LogP contribution in [0.4, 0.5) is 0 Å². The molecule has 0 bridgehead atoms. The van der Waals surface area contributed by atoms with Crippen molar-refractivity contribution in [3.8, 4) is 5.75 Å². The lowest BCUT2D eigenvalue weighted by molar-refractivity contribution is 0.0950. The molecule has 0 aliphatic rings. The Labute approximate surface area is 150 Å². The lowest BCUT2D eigenvalue weighted by atomic mass is 10.1. The summed E-state index contributed by atoms with van der Waals surface area (Å²) in [6, 6.07) is 7.15. The first-order valence-corrected chi connectivity index (χ1v) is 9.59. The maximum Gasteiger partial charge on any atom is 0.255 e. The summed E-state index contributed by atoms with van der Waals surface area (Å²) in [5.41, 5.74) is 0.764. The number of phenolic OH excluding ortho intramolecular Hbond substituents is 1. The van der Waals surface area contributed by atoms with E-state index in [1.54, 1.807) is 12.3 Å². The van der Waals surface area contributed by atoms with E-state index in [2.05, 4.69) is 17.2 Å². The van der Waals surface area contributed by atoms with E-state index in [0.29, 0.717) is 17.6 Å². The van der Waals surface area contributed by atoms with E-state index < -0.39 is 0 Å². The predicted molar refractivity (Wildman–Crippen MR) is 103 cm³/mol. The summed E-state index contributed by atoms with van der Waals surface area (Å²) in [7, 11) is 0. The van der Waals surface area contributed by atoms with Crippen LogP contribution in [-0.2, 0) is 0 Å². The monoisotopic (exact) mass is 342 g/mol. The van der Waals surface area contributed by atoms with E-state index in [0.717, 1.165) is 18.2 Å². The van der Waals surface area contributed by atoms with Crippen LogP contribution < -0.4 is 5.32 Å². The van der Waals surface area contributed by atoms with E-state index in [9.17, 15) is 9.90 Å². The highest BCUT2D eigenvalue weighted by atomic mass is 16.3. The number of hydrogen-bond acceptors (Lipinski definition) is 3. The van der Waals surface area contributed by atoms with Gasteiger partial charge in [-0.25, -0.2) is 0 Å². The van der Waals surface area contributed by atoms with Crippen LogP contribution in [0.5, 0.6) is 5.75 Å². The number of aromatic hydroxyl groups is 1. The molecule has 0 saturated heterocycles. The van der Waals surface area contributed by atoms with Crippen molar-refractivity contribution >= 4 is 16.8 Å². The molecular formula is C21H30N2O2. The predicted octanol–water partition coefficient (Wildman–Crippen LogP) is 5.20. The second-order valence-electron chi connectivity index (χ2n) is 6.62. The third kappa shape index (κ3) is 6.04. The molecule has 0 aliphatic heterocycles. The van der Waals surface area contributed by atoms with Crippen LogP contribution in [0.2, 0.25) is 0 Å². The number of hydrogen-bond donors (Lipinski definition) is 2. The second-order valence-corrected chi connectivity index (χ2v) is 6.62. The van der Waals surface area contributed by atoms with Crippen LogP contribution in [0, 0.1) is 0 Å². The molecular weight excluding hydrogens is 312 g/mol. The van der Waals surface area contributed by atoms with Crippen LogP contribution in [0.1, 0.15) is 75.1 Å². The number of nitrogens with one attached hydrogen (secondary N) is 1. The number of fused-ring (bicyclic) bond motifs is 1. The van der Waals surface area contributed by atoms with Gasteiger partial charge in [0.05, 0.1) is 5.56 Å². The van der Waals surface area contributed by atoms with E-state index in [1.807, 2.05) is 18.2 Å². The highest BCUT2D eigenvalue weighted by Crippen LogP contribution is 2.26. The maximum absolute atomic E-state index is 12.2. The van der Waals surface area contributed by atoms with Gasteiger partial charge in [0.25, 0.3) is 5.91 Å². The number of amides is 1. The number of phenols is 1. The van der Waals surface area contributed by atoms with Crippen molar-refractivity contribution in [1.29, 1.82) is 0 Å². The lowest BCUT2D eigenvalue weighted by Crippen LogP contribution is -2.24. The first-order valence-electron chi connectivity index (χ1n) is 9.59. The van der Waals surface area contributed by atoms with Gasteiger partial charge < -0.3 is 10.4 Å². The largest absolute Gasteiger partial charge is 0.505 e. The minimum absolute atomic E-state index is 0.0392. The Kier molecular flexibility index (Phi) is 8.23. The van der Waals surface area contributed by atoms with Gasteiger partial charge in [-0.3, -0.25) is 9.78 Å².